The van der Waals surface area contributed by atoms with Crippen LogP contribution in [0, 0.1) is 6.92 Å². The Morgan fingerprint density at radius 2 is 2.17 bits per heavy atom. The molecule has 1 rings (SSSR count). The third-order valence-corrected chi connectivity index (χ3v) is 2.03. The highest BCUT2D eigenvalue weighted by molar-refractivity contribution is 5.22. The van der Waals surface area contributed by atoms with E-state index in [0.717, 1.165) is 12.8 Å². The van der Waals surface area contributed by atoms with Crippen molar-refractivity contribution in [2.75, 3.05) is 0 Å². The quantitative estimate of drug-likeness (QED) is 0.726. The molecule has 0 aliphatic carbocycles. The van der Waals surface area contributed by atoms with E-state index in [2.05, 4.69) is 25.1 Å². The summed E-state index contributed by atoms with van der Waals surface area (Å²) in [5.74, 6) is 0. The fourth-order valence-electron chi connectivity index (χ4n) is 1.26. The van der Waals surface area contributed by atoms with Crippen molar-refractivity contribution in [1.82, 2.24) is 0 Å². The van der Waals surface area contributed by atoms with Crippen LogP contribution in [0.1, 0.15) is 24.5 Å². The van der Waals surface area contributed by atoms with Gasteiger partial charge in [0.25, 0.3) is 0 Å². The minimum Gasteiger partial charge on any atom is -0.393 e. The van der Waals surface area contributed by atoms with E-state index in [-0.39, 0.29) is 6.10 Å². The molecule has 0 saturated heterocycles. The summed E-state index contributed by atoms with van der Waals surface area (Å²) in [6.07, 6.45) is 1.42. The van der Waals surface area contributed by atoms with E-state index in [1.165, 1.54) is 11.1 Å². The lowest BCUT2D eigenvalue weighted by molar-refractivity contribution is 0.171. The lowest BCUT2D eigenvalue weighted by Crippen LogP contribution is -2.08. The second-order valence-corrected chi connectivity index (χ2v) is 3.26. The molecular formula is C11H16O. The van der Waals surface area contributed by atoms with Gasteiger partial charge in [-0.1, -0.05) is 36.8 Å². The van der Waals surface area contributed by atoms with Crippen molar-refractivity contribution >= 4 is 0 Å². The average Bonchev–Trinajstić information content (AvgIpc) is 2.04. The predicted octanol–water partition coefficient (Wildman–Crippen LogP) is 2.31. The molecule has 1 N–H and O–H groups in total. The van der Waals surface area contributed by atoms with Gasteiger partial charge < -0.3 is 5.11 Å². The monoisotopic (exact) mass is 164 g/mol. The number of aryl methyl sites for hydroxylation is 1. The molecule has 12 heavy (non-hydrogen) atoms. The highest BCUT2D eigenvalue weighted by Crippen LogP contribution is 2.07. The van der Waals surface area contributed by atoms with E-state index in [1.54, 1.807) is 0 Å². The molecule has 0 saturated carbocycles. The van der Waals surface area contributed by atoms with Gasteiger partial charge in [0.15, 0.2) is 0 Å². The molecule has 1 heteroatoms. The molecule has 1 aromatic rings. The van der Waals surface area contributed by atoms with Crippen LogP contribution < -0.4 is 0 Å². The van der Waals surface area contributed by atoms with Crippen LogP contribution in [0.2, 0.25) is 0 Å². The second kappa shape index (κ2) is 4.27. The van der Waals surface area contributed by atoms with Crippen LogP contribution in [0.5, 0.6) is 0 Å². The maximum Gasteiger partial charge on any atom is 0.0577 e. The smallest absolute Gasteiger partial charge is 0.0577 e. The first-order valence-electron chi connectivity index (χ1n) is 4.46. The molecule has 0 aliphatic rings. The molecule has 0 aliphatic heterocycles. The van der Waals surface area contributed by atoms with Crippen molar-refractivity contribution in [3.05, 3.63) is 35.4 Å². The van der Waals surface area contributed by atoms with Gasteiger partial charge in [-0.3, -0.25) is 0 Å². The van der Waals surface area contributed by atoms with Crippen LogP contribution in [0.25, 0.3) is 0 Å². The molecule has 1 nitrogen and oxygen atoms in total. The Morgan fingerprint density at radius 1 is 1.42 bits per heavy atom. The summed E-state index contributed by atoms with van der Waals surface area (Å²) < 4.78 is 0. The maximum atomic E-state index is 9.40. The van der Waals surface area contributed by atoms with Gasteiger partial charge in [0.2, 0.25) is 0 Å². The Kier molecular flexibility index (Phi) is 3.30. The summed E-state index contributed by atoms with van der Waals surface area (Å²) in [6.45, 7) is 4.07. The van der Waals surface area contributed by atoms with E-state index in [4.69, 9.17) is 0 Å². The van der Waals surface area contributed by atoms with Crippen molar-refractivity contribution in [2.24, 2.45) is 0 Å². The standard InChI is InChI=1S/C11H16O/c1-3-11(12)8-10-6-4-5-9(2)7-10/h4-7,11-12H,3,8H2,1-2H3/t11-/m1/s1. The fraction of sp³-hybridized carbons (Fsp3) is 0.455. The third-order valence-electron chi connectivity index (χ3n) is 2.03. The molecule has 0 spiro atoms. The Balaban J connectivity index is 2.63. The van der Waals surface area contributed by atoms with Gasteiger partial charge in [0, 0.05) is 0 Å². The van der Waals surface area contributed by atoms with Crippen LogP contribution in [-0.4, -0.2) is 11.2 Å². The Hall–Kier alpha value is -0.820. The topological polar surface area (TPSA) is 20.2 Å². The lowest BCUT2D eigenvalue weighted by atomic mass is 10.0. The van der Waals surface area contributed by atoms with E-state index < -0.39 is 0 Å². The number of rotatable bonds is 3. The van der Waals surface area contributed by atoms with E-state index >= 15 is 0 Å². The largest absolute Gasteiger partial charge is 0.393 e. The minimum absolute atomic E-state index is 0.188. The maximum absolute atomic E-state index is 9.40. The molecule has 0 aromatic heterocycles. The lowest BCUT2D eigenvalue weighted by Gasteiger charge is -2.07. The predicted molar refractivity (Wildman–Crippen MR) is 51.2 cm³/mol. The third kappa shape index (κ3) is 2.67. The van der Waals surface area contributed by atoms with Crippen molar-refractivity contribution in [3.63, 3.8) is 0 Å². The summed E-state index contributed by atoms with van der Waals surface area (Å²) >= 11 is 0. The van der Waals surface area contributed by atoms with E-state index in [0.29, 0.717) is 0 Å². The second-order valence-electron chi connectivity index (χ2n) is 3.26. The van der Waals surface area contributed by atoms with Crippen molar-refractivity contribution in [1.29, 1.82) is 0 Å². The first-order valence-corrected chi connectivity index (χ1v) is 4.46. The molecule has 0 amide bonds. The number of hydrogen-bond acceptors (Lipinski definition) is 1. The molecule has 1 atom stereocenters. The normalized spacial score (nSPS) is 12.9. The zero-order chi connectivity index (χ0) is 8.97. The van der Waals surface area contributed by atoms with Crippen molar-refractivity contribution in [3.8, 4) is 0 Å². The zero-order valence-electron chi connectivity index (χ0n) is 7.75. The van der Waals surface area contributed by atoms with Gasteiger partial charge in [0.1, 0.15) is 0 Å². The van der Waals surface area contributed by atoms with Crippen molar-refractivity contribution in [2.45, 2.75) is 32.8 Å². The van der Waals surface area contributed by atoms with Crippen LogP contribution in [0.4, 0.5) is 0 Å². The molecule has 66 valence electrons. The Labute approximate surface area is 74.1 Å². The van der Waals surface area contributed by atoms with E-state index in [9.17, 15) is 5.11 Å². The average molecular weight is 164 g/mol. The zero-order valence-corrected chi connectivity index (χ0v) is 7.75. The van der Waals surface area contributed by atoms with E-state index in [1.807, 2.05) is 13.0 Å². The van der Waals surface area contributed by atoms with Crippen molar-refractivity contribution < 1.29 is 5.11 Å². The highest BCUT2D eigenvalue weighted by Gasteiger charge is 2.01. The van der Waals surface area contributed by atoms with Crippen LogP contribution >= 0.6 is 0 Å². The first kappa shape index (κ1) is 9.27. The van der Waals surface area contributed by atoms with Gasteiger partial charge >= 0.3 is 0 Å². The van der Waals surface area contributed by atoms with Gasteiger partial charge in [0.05, 0.1) is 6.10 Å². The summed E-state index contributed by atoms with van der Waals surface area (Å²) in [6, 6.07) is 8.29. The minimum atomic E-state index is -0.188. The first-order chi connectivity index (χ1) is 5.72. The molecule has 0 fully saturated rings. The SMILES string of the molecule is CC[C@@H](O)Cc1cccc(C)c1. The number of benzene rings is 1. The Bertz CT molecular complexity index is 243. The molecule has 0 heterocycles. The molecule has 0 unspecified atom stereocenters. The molecule has 0 bridgehead atoms. The summed E-state index contributed by atoms with van der Waals surface area (Å²) in [7, 11) is 0. The molecule has 0 radical (unpaired) electrons. The van der Waals surface area contributed by atoms with Gasteiger partial charge in [-0.2, -0.15) is 0 Å². The fourth-order valence-corrected chi connectivity index (χ4v) is 1.26. The Morgan fingerprint density at radius 3 is 2.75 bits per heavy atom. The van der Waals surface area contributed by atoms with Gasteiger partial charge in [-0.05, 0) is 25.3 Å². The molecule has 1 aromatic carbocycles. The van der Waals surface area contributed by atoms with Crippen LogP contribution in [0.3, 0.4) is 0 Å². The van der Waals surface area contributed by atoms with Gasteiger partial charge in [-0.15, -0.1) is 0 Å². The number of hydrogen-bond donors (Lipinski definition) is 1. The molecular weight excluding hydrogens is 148 g/mol. The van der Waals surface area contributed by atoms with Gasteiger partial charge in [-0.25, -0.2) is 0 Å². The summed E-state index contributed by atoms with van der Waals surface area (Å²) in [5, 5.41) is 9.40. The van der Waals surface area contributed by atoms with Crippen LogP contribution in [0.15, 0.2) is 24.3 Å². The highest BCUT2D eigenvalue weighted by atomic mass is 16.3. The summed E-state index contributed by atoms with van der Waals surface area (Å²) in [5.41, 5.74) is 2.49. The number of aliphatic hydroxyl groups is 1. The summed E-state index contributed by atoms with van der Waals surface area (Å²) in [4.78, 5) is 0. The van der Waals surface area contributed by atoms with Crippen LogP contribution in [-0.2, 0) is 6.42 Å². The number of aliphatic hydroxyl groups excluding tert-OH is 1.